The number of hydrogen-bond donors (Lipinski definition) is 0. The van der Waals surface area contributed by atoms with Crippen LogP contribution in [0.3, 0.4) is 0 Å². The molecule has 0 saturated heterocycles. The van der Waals surface area contributed by atoms with Gasteiger partial charge in [0.25, 0.3) is 0 Å². The summed E-state index contributed by atoms with van der Waals surface area (Å²) in [6.45, 7) is 1.47. The van der Waals surface area contributed by atoms with Crippen molar-refractivity contribution in [1.29, 1.82) is 0 Å². The van der Waals surface area contributed by atoms with Gasteiger partial charge >= 0.3 is 0 Å². The smallest absolute Gasteiger partial charge is 0.233 e. The van der Waals surface area contributed by atoms with Crippen molar-refractivity contribution < 1.29 is 9.59 Å². The van der Waals surface area contributed by atoms with Crippen molar-refractivity contribution in [3.05, 3.63) is 29.8 Å². The molecule has 0 N–H and O–H groups in total. The Morgan fingerprint density at radius 3 is 2.69 bits per heavy atom. The van der Waals surface area contributed by atoms with Gasteiger partial charge in [0.2, 0.25) is 12.2 Å². The van der Waals surface area contributed by atoms with E-state index in [1.807, 2.05) is 0 Å². The summed E-state index contributed by atoms with van der Waals surface area (Å²) in [5.41, 5.74) is 1.15. The molecule has 3 heteroatoms. The van der Waals surface area contributed by atoms with E-state index in [1.165, 1.54) is 11.8 Å². The second-order valence-corrected chi connectivity index (χ2v) is 2.73. The van der Waals surface area contributed by atoms with Crippen LogP contribution in [0, 0.1) is 0 Å². The van der Waals surface area contributed by atoms with Crippen molar-refractivity contribution in [2.24, 2.45) is 0 Å². The van der Waals surface area contributed by atoms with Crippen molar-refractivity contribution in [3.8, 4) is 0 Å². The third-order valence-electron chi connectivity index (χ3n) is 1.82. The van der Waals surface area contributed by atoms with E-state index in [0.29, 0.717) is 11.3 Å². The number of nitrogens with zero attached hydrogens (tertiary/aromatic N) is 1. The van der Waals surface area contributed by atoms with Gasteiger partial charge in [-0.2, -0.15) is 0 Å². The second kappa shape index (κ2) is 3.85. The van der Waals surface area contributed by atoms with Gasteiger partial charge in [0.15, 0.2) is 0 Å². The number of carbonyl (C=O) groups is 1. The summed E-state index contributed by atoms with van der Waals surface area (Å²) in [5.74, 6) is -0.0666. The molecule has 1 aromatic rings. The number of hydrogen-bond acceptors (Lipinski definition) is 2. The fourth-order valence-corrected chi connectivity index (χ4v) is 0.960. The highest BCUT2D eigenvalue weighted by molar-refractivity contribution is 5.92. The molecule has 0 aliphatic rings. The molecule has 67 valence electrons. The van der Waals surface area contributed by atoms with Crippen LogP contribution < -0.4 is 4.90 Å². The van der Waals surface area contributed by atoms with Gasteiger partial charge in [0.05, 0.1) is 0 Å². The zero-order valence-electron chi connectivity index (χ0n) is 7.57. The van der Waals surface area contributed by atoms with Gasteiger partial charge in [-0.1, -0.05) is 12.1 Å². The Hall–Kier alpha value is -1.64. The van der Waals surface area contributed by atoms with Crippen molar-refractivity contribution in [2.75, 3.05) is 11.9 Å². The molecule has 0 atom stereocenters. The zero-order valence-corrected chi connectivity index (χ0v) is 7.57. The Kier molecular flexibility index (Phi) is 2.80. The first-order chi connectivity index (χ1) is 6.15. The van der Waals surface area contributed by atoms with Gasteiger partial charge in [-0.3, -0.25) is 9.59 Å². The van der Waals surface area contributed by atoms with Crippen LogP contribution in [0.25, 0.3) is 0 Å². The molecular weight excluding hydrogens is 166 g/mol. The first kappa shape index (κ1) is 9.45. The maximum absolute atomic E-state index is 11.0. The van der Waals surface area contributed by atoms with E-state index in [0.717, 1.165) is 0 Å². The lowest BCUT2D eigenvalue weighted by Gasteiger charge is -2.14. The zero-order chi connectivity index (χ0) is 9.84. The van der Waals surface area contributed by atoms with Crippen LogP contribution in [0.2, 0.25) is 0 Å². The van der Waals surface area contributed by atoms with Crippen LogP contribution in [-0.4, -0.2) is 19.2 Å². The summed E-state index contributed by atoms with van der Waals surface area (Å²) in [7, 11) is 1.66. The van der Waals surface area contributed by atoms with Gasteiger partial charge in [-0.15, -0.1) is 0 Å². The monoisotopic (exact) mass is 176 g/mol. The molecule has 0 spiro atoms. The number of carbonyl (C=O) groups excluding carboxylic acids is 2. The lowest BCUT2D eigenvalue weighted by molar-refractivity contribution is -0.116. The van der Waals surface area contributed by atoms with E-state index < -0.39 is 0 Å². The summed E-state index contributed by atoms with van der Waals surface area (Å²) < 4.78 is 0. The number of benzene rings is 1. The van der Waals surface area contributed by atoms with E-state index in [1.54, 1.807) is 37.6 Å². The van der Waals surface area contributed by atoms with E-state index in [-0.39, 0.29) is 5.91 Å². The SMILES string of the molecule is CC(=O)N(C)c1cccc([C]=O)c1. The predicted molar refractivity (Wildman–Crippen MR) is 50.3 cm³/mol. The van der Waals surface area contributed by atoms with Crippen molar-refractivity contribution in [1.82, 2.24) is 0 Å². The van der Waals surface area contributed by atoms with E-state index >= 15 is 0 Å². The maximum Gasteiger partial charge on any atom is 0.233 e. The van der Waals surface area contributed by atoms with Gasteiger partial charge < -0.3 is 4.90 Å². The minimum absolute atomic E-state index is 0.0666. The molecule has 0 bridgehead atoms. The number of anilines is 1. The Morgan fingerprint density at radius 1 is 1.46 bits per heavy atom. The first-order valence-electron chi connectivity index (χ1n) is 3.87. The summed E-state index contributed by atoms with van der Waals surface area (Å²) in [6, 6.07) is 6.75. The molecule has 0 aliphatic carbocycles. The highest BCUT2D eigenvalue weighted by Gasteiger charge is 2.05. The fourth-order valence-electron chi connectivity index (χ4n) is 0.960. The van der Waals surface area contributed by atoms with Crippen LogP contribution in [0.1, 0.15) is 12.5 Å². The number of rotatable bonds is 2. The topological polar surface area (TPSA) is 37.4 Å². The average molecular weight is 176 g/mol. The van der Waals surface area contributed by atoms with Crippen LogP contribution >= 0.6 is 0 Å². The molecule has 1 amide bonds. The summed E-state index contributed by atoms with van der Waals surface area (Å²) >= 11 is 0. The molecule has 0 saturated carbocycles. The van der Waals surface area contributed by atoms with Crippen LogP contribution in [0.5, 0.6) is 0 Å². The quantitative estimate of drug-likeness (QED) is 0.677. The van der Waals surface area contributed by atoms with Crippen molar-refractivity contribution >= 4 is 17.9 Å². The van der Waals surface area contributed by atoms with Gasteiger partial charge in [0.1, 0.15) is 0 Å². The fraction of sp³-hybridized carbons (Fsp3) is 0.200. The third-order valence-corrected chi connectivity index (χ3v) is 1.82. The molecule has 3 nitrogen and oxygen atoms in total. The Morgan fingerprint density at radius 2 is 2.15 bits per heavy atom. The number of amides is 1. The first-order valence-corrected chi connectivity index (χ1v) is 3.87. The normalized spacial score (nSPS) is 9.38. The predicted octanol–water partition coefficient (Wildman–Crippen LogP) is 1.13. The highest BCUT2D eigenvalue weighted by atomic mass is 16.2. The average Bonchev–Trinajstić information content (AvgIpc) is 2.16. The van der Waals surface area contributed by atoms with Crippen LogP contribution in [-0.2, 0) is 9.59 Å². The lowest BCUT2D eigenvalue weighted by Crippen LogP contribution is -2.22. The molecule has 0 aliphatic heterocycles. The van der Waals surface area contributed by atoms with Crippen molar-refractivity contribution in [3.63, 3.8) is 0 Å². The Labute approximate surface area is 77.0 Å². The molecule has 0 aromatic heterocycles. The maximum atomic E-state index is 11.0. The standard InChI is InChI=1S/C10H10NO2/c1-8(13)11(2)10-5-3-4-9(6-10)7-12/h3-6H,1-2H3. The molecule has 0 unspecified atom stereocenters. The molecule has 13 heavy (non-hydrogen) atoms. The lowest BCUT2D eigenvalue weighted by atomic mass is 10.2. The third kappa shape index (κ3) is 2.15. The summed E-state index contributed by atoms with van der Waals surface area (Å²) in [6.07, 6.45) is 1.77. The van der Waals surface area contributed by atoms with E-state index in [2.05, 4.69) is 0 Å². The van der Waals surface area contributed by atoms with E-state index in [4.69, 9.17) is 0 Å². The molecule has 1 radical (unpaired) electrons. The molecule has 0 fully saturated rings. The van der Waals surface area contributed by atoms with Gasteiger partial charge in [0, 0.05) is 25.2 Å². The highest BCUT2D eigenvalue weighted by Crippen LogP contribution is 2.13. The Balaban J connectivity index is 3.01. The molecule has 0 heterocycles. The molecular formula is C10H10NO2. The van der Waals surface area contributed by atoms with Crippen LogP contribution in [0.4, 0.5) is 5.69 Å². The van der Waals surface area contributed by atoms with Gasteiger partial charge in [-0.05, 0) is 12.1 Å². The van der Waals surface area contributed by atoms with Crippen LogP contribution in [0.15, 0.2) is 24.3 Å². The Bertz CT molecular complexity index is 333. The van der Waals surface area contributed by atoms with E-state index in [9.17, 15) is 9.59 Å². The summed E-state index contributed by atoms with van der Waals surface area (Å²) in [4.78, 5) is 22.8. The van der Waals surface area contributed by atoms with Gasteiger partial charge in [-0.25, -0.2) is 0 Å². The minimum Gasteiger partial charge on any atom is -0.316 e. The minimum atomic E-state index is -0.0666. The molecule has 1 aromatic carbocycles. The largest absolute Gasteiger partial charge is 0.316 e. The second-order valence-electron chi connectivity index (χ2n) is 2.73. The summed E-state index contributed by atoms with van der Waals surface area (Å²) in [5, 5.41) is 0. The van der Waals surface area contributed by atoms with Crippen molar-refractivity contribution in [2.45, 2.75) is 6.92 Å². The molecule has 1 rings (SSSR count).